The SMILES string of the molecule is O=C(COC(=O)c1ccc2ccccc2c1O)Nc1ccc(Br)cc1. The molecule has 0 unspecified atom stereocenters. The molecule has 126 valence electrons. The van der Waals surface area contributed by atoms with Crippen LogP contribution < -0.4 is 5.32 Å². The van der Waals surface area contributed by atoms with E-state index >= 15 is 0 Å². The molecule has 0 aliphatic heterocycles. The molecule has 0 heterocycles. The number of hydrogen-bond acceptors (Lipinski definition) is 4. The maximum atomic E-state index is 12.1. The van der Waals surface area contributed by atoms with E-state index in [9.17, 15) is 14.7 Å². The molecule has 0 aliphatic carbocycles. The Hall–Kier alpha value is -2.86. The van der Waals surface area contributed by atoms with Gasteiger partial charge < -0.3 is 15.2 Å². The van der Waals surface area contributed by atoms with Crippen LogP contribution in [0, 0.1) is 0 Å². The largest absolute Gasteiger partial charge is 0.506 e. The molecule has 0 saturated carbocycles. The quantitative estimate of drug-likeness (QED) is 0.647. The van der Waals surface area contributed by atoms with Crippen LogP contribution in [0.25, 0.3) is 10.8 Å². The van der Waals surface area contributed by atoms with Crippen LogP contribution in [0.5, 0.6) is 5.75 Å². The Morgan fingerprint density at radius 2 is 1.72 bits per heavy atom. The number of rotatable bonds is 4. The second-order valence-corrected chi connectivity index (χ2v) is 6.23. The van der Waals surface area contributed by atoms with E-state index in [0.29, 0.717) is 11.1 Å². The fraction of sp³-hybridized carbons (Fsp3) is 0.0526. The fourth-order valence-corrected chi connectivity index (χ4v) is 2.62. The van der Waals surface area contributed by atoms with Gasteiger partial charge in [-0.25, -0.2) is 4.79 Å². The molecule has 0 aromatic heterocycles. The third-order valence-corrected chi connectivity index (χ3v) is 4.11. The van der Waals surface area contributed by atoms with Gasteiger partial charge in [-0.1, -0.05) is 46.3 Å². The van der Waals surface area contributed by atoms with Crippen LogP contribution in [-0.4, -0.2) is 23.6 Å². The highest BCUT2D eigenvalue weighted by Crippen LogP contribution is 2.29. The van der Waals surface area contributed by atoms with Crippen LogP contribution in [0.3, 0.4) is 0 Å². The maximum absolute atomic E-state index is 12.1. The van der Waals surface area contributed by atoms with Gasteiger partial charge in [0.05, 0.1) is 0 Å². The van der Waals surface area contributed by atoms with Crippen molar-refractivity contribution >= 4 is 44.3 Å². The Kier molecular flexibility index (Phi) is 5.00. The number of phenols is 1. The predicted octanol–water partition coefficient (Wildman–Crippen LogP) is 4.10. The minimum absolute atomic E-state index is 0.0233. The van der Waals surface area contributed by atoms with Gasteiger partial charge in [0.2, 0.25) is 0 Å². The van der Waals surface area contributed by atoms with E-state index in [1.165, 1.54) is 6.07 Å². The second kappa shape index (κ2) is 7.36. The highest BCUT2D eigenvalue weighted by atomic mass is 79.9. The summed E-state index contributed by atoms with van der Waals surface area (Å²) < 4.78 is 5.89. The number of amides is 1. The Balaban J connectivity index is 1.65. The summed E-state index contributed by atoms with van der Waals surface area (Å²) in [5, 5.41) is 14.2. The lowest BCUT2D eigenvalue weighted by molar-refractivity contribution is -0.119. The minimum atomic E-state index is -0.755. The van der Waals surface area contributed by atoms with Gasteiger partial charge in [-0.2, -0.15) is 0 Å². The first kappa shape index (κ1) is 17.0. The van der Waals surface area contributed by atoms with E-state index < -0.39 is 18.5 Å². The van der Waals surface area contributed by atoms with Crippen molar-refractivity contribution in [2.45, 2.75) is 0 Å². The first-order chi connectivity index (χ1) is 12.0. The van der Waals surface area contributed by atoms with Crippen molar-refractivity contribution in [1.82, 2.24) is 0 Å². The van der Waals surface area contributed by atoms with Crippen molar-refractivity contribution in [3.05, 3.63) is 70.7 Å². The maximum Gasteiger partial charge on any atom is 0.342 e. The Bertz CT molecular complexity index is 938. The summed E-state index contributed by atoms with van der Waals surface area (Å²) >= 11 is 3.31. The molecule has 1 amide bonds. The van der Waals surface area contributed by atoms with Crippen LogP contribution in [0.2, 0.25) is 0 Å². The lowest BCUT2D eigenvalue weighted by Gasteiger charge is -2.09. The van der Waals surface area contributed by atoms with E-state index in [4.69, 9.17) is 4.74 Å². The molecule has 0 atom stereocenters. The number of carbonyl (C=O) groups excluding carboxylic acids is 2. The molecule has 2 N–H and O–H groups in total. The molecule has 25 heavy (non-hydrogen) atoms. The van der Waals surface area contributed by atoms with Crippen LogP contribution in [0.15, 0.2) is 65.1 Å². The van der Waals surface area contributed by atoms with Gasteiger partial charge in [-0.3, -0.25) is 4.79 Å². The first-order valence-electron chi connectivity index (χ1n) is 7.48. The monoisotopic (exact) mass is 399 g/mol. The van der Waals surface area contributed by atoms with Crippen molar-refractivity contribution in [3.8, 4) is 5.75 Å². The third-order valence-electron chi connectivity index (χ3n) is 3.58. The van der Waals surface area contributed by atoms with E-state index in [0.717, 1.165) is 9.86 Å². The lowest BCUT2D eigenvalue weighted by Crippen LogP contribution is -2.21. The number of esters is 1. The van der Waals surface area contributed by atoms with Crippen molar-refractivity contribution in [1.29, 1.82) is 0 Å². The highest BCUT2D eigenvalue weighted by Gasteiger charge is 2.16. The molecular formula is C19H14BrNO4. The minimum Gasteiger partial charge on any atom is -0.506 e. The second-order valence-electron chi connectivity index (χ2n) is 5.31. The van der Waals surface area contributed by atoms with Crippen molar-refractivity contribution in [2.24, 2.45) is 0 Å². The Morgan fingerprint density at radius 3 is 2.48 bits per heavy atom. The molecule has 3 aromatic carbocycles. The molecule has 0 spiro atoms. The number of carbonyl (C=O) groups is 2. The smallest absolute Gasteiger partial charge is 0.342 e. The fourth-order valence-electron chi connectivity index (χ4n) is 2.36. The van der Waals surface area contributed by atoms with Crippen molar-refractivity contribution in [2.75, 3.05) is 11.9 Å². The molecule has 6 heteroatoms. The van der Waals surface area contributed by atoms with Gasteiger partial charge >= 0.3 is 5.97 Å². The first-order valence-corrected chi connectivity index (χ1v) is 8.27. The zero-order valence-corrected chi connectivity index (χ0v) is 14.6. The third kappa shape index (κ3) is 3.97. The number of nitrogens with one attached hydrogen (secondary N) is 1. The molecule has 3 rings (SSSR count). The van der Waals surface area contributed by atoms with Crippen LogP contribution in [-0.2, 0) is 9.53 Å². The molecule has 3 aromatic rings. The van der Waals surface area contributed by atoms with Crippen molar-refractivity contribution in [3.63, 3.8) is 0 Å². The number of benzene rings is 3. The van der Waals surface area contributed by atoms with Gasteiger partial charge in [-0.05, 0) is 35.7 Å². The molecule has 0 fully saturated rings. The van der Waals surface area contributed by atoms with E-state index in [2.05, 4.69) is 21.2 Å². The average Bonchev–Trinajstić information content (AvgIpc) is 2.62. The van der Waals surface area contributed by atoms with Crippen LogP contribution in [0.4, 0.5) is 5.69 Å². The lowest BCUT2D eigenvalue weighted by atomic mass is 10.1. The van der Waals surface area contributed by atoms with Gasteiger partial charge in [0.25, 0.3) is 5.91 Å². The van der Waals surface area contributed by atoms with Gasteiger partial charge in [0.1, 0.15) is 11.3 Å². The summed E-state index contributed by atoms with van der Waals surface area (Å²) in [5.74, 6) is -1.37. The van der Waals surface area contributed by atoms with Crippen LogP contribution in [0.1, 0.15) is 10.4 Å². The van der Waals surface area contributed by atoms with E-state index in [-0.39, 0.29) is 11.3 Å². The molecule has 0 radical (unpaired) electrons. The van der Waals surface area contributed by atoms with E-state index in [1.54, 1.807) is 42.5 Å². The van der Waals surface area contributed by atoms with Gasteiger partial charge in [0.15, 0.2) is 6.61 Å². The molecule has 5 nitrogen and oxygen atoms in total. The van der Waals surface area contributed by atoms with Crippen molar-refractivity contribution < 1.29 is 19.4 Å². The number of ether oxygens (including phenoxy) is 1. The number of anilines is 1. The molecular weight excluding hydrogens is 386 g/mol. The summed E-state index contributed by atoms with van der Waals surface area (Å²) in [4.78, 5) is 24.0. The Morgan fingerprint density at radius 1 is 1.00 bits per heavy atom. The average molecular weight is 400 g/mol. The molecule has 0 bridgehead atoms. The highest BCUT2D eigenvalue weighted by molar-refractivity contribution is 9.10. The summed E-state index contributed by atoms with van der Waals surface area (Å²) in [6, 6.07) is 17.4. The number of aromatic hydroxyl groups is 1. The van der Waals surface area contributed by atoms with Gasteiger partial charge in [-0.15, -0.1) is 0 Å². The zero-order chi connectivity index (χ0) is 17.8. The predicted molar refractivity (Wildman–Crippen MR) is 98.7 cm³/mol. The van der Waals surface area contributed by atoms with Gasteiger partial charge in [0, 0.05) is 15.5 Å². The zero-order valence-electron chi connectivity index (χ0n) is 13.0. The number of fused-ring (bicyclic) bond motifs is 1. The molecule has 0 aliphatic rings. The normalized spacial score (nSPS) is 10.4. The summed E-state index contributed by atoms with van der Waals surface area (Å²) in [6.07, 6.45) is 0. The summed E-state index contributed by atoms with van der Waals surface area (Å²) in [6.45, 7) is -0.443. The number of halogens is 1. The summed E-state index contributed by atoms with van der Waals surface area (Å²) in [5.41, 5.74) is 0.618. The van der Waals surface area contributed by atoms with E-state index in [1.807, 2.05) is 12.1 Å². The summed E-state index contributed by atoms with van der Waals surface area (Å²) in [7, 11) is 0. The molecule has 0 saturated heterocycles. The standard InChI is InChI=1S/C19H14BrNO4/c20-13-6-8-14(9-7-13)21-17(22)11-25-19(24)16-10-5-12-3-1-2-4-15(12)18(16)23/h1-10,23H,11H2,(H,21,22). The van der Waals surface area contributed by atoms with Crippen LogP contribution >= 0.6 is 15.9 Å². The number of hydrogen-bond donors (Lipinski definition) is 2. The number of phenolic OH excluding ortho intramolecular Hbond substituents is 1. The Labute approximate surface area is 152 Å². The topological polar surface area (TPSA) is 75.6 Å².